The molecule has 0 aromatic heterocycles. The van der Waals surface area contributed by atoms with Gasteiger partial charge in [-0.05, 0) is 19.8 Å². The minimum Gasteiger partial charge on any atom is -0.466 e. The lowest BCUT2D eigenvalue weighted by Gasteiger charge is -2.05. The van der Waals surface area contributed by atoms with E-state index in [1.54, 1.807) is 0 Å². The van der Waals surface area contributed by atoms with Crippen molar-refractivity contribution in [1.82, 2.24) is 0 Å². The fourth-order valence-corrected chi connectivity index (χ4v) is 1.19. The molecule has 0 unspecified atom stereocenters. The van der Waals surface area contributed by atoms with Gasteiger partial charge in [-0.1, -0.05) is 18.9 Å². The van der Waals surface area contributed by atoms with Crippen LogP contribution in [-0.4, -0.2) is 25.2 Å². The van der Waals surface area contributed by atoms with Crippen LogP contribution in [0.15, 0.2) is 12.2 Å². The molecule has 0 atom stereocenters. The summed E-state index contributed by atoms with van der Waals surface area (Å²) in [5, 5.41) is 0. The molecule has 0 aromatic rings. The van der Waals surface area contributed by atoms with E-state index in [1.807, 2.05) is 13.8 Å². The summed E-state index contributed by atoms with van der Waals surface area (Å²) in [6.07, 6.45) is 3.59. The standard InChI is InChI=1S/C14H24O4/c1-4-5-10-17-13(15)7-6-8-14(16)18-11-9-12(2)3/h2,4-11H2,1,3H3. The zero-order chi connectivity index (χ0) is 13.8. The second kappa shape index (κ2) is 10.8. The number of unbranched alkanes of at least 4 members (excludes halogenated alkanes) is 1. The van der Waals surface area contributed by atoms with Crippen molar-refractivity contribution >= 4 is 11.9 Å². The van der Waals surface area contributed by atoms with Crippen LogP contribution < -0.4 is 0 Å². The van der Waals surface area contributed by atoms with Crippen molar-refractivity contribution in [2.75, 3.05) is 13.2 Å². The molecule has 0 aliphatic rings. The van der Waals surface area contributed by atoms with Gasteiger partial charge in [0, 0.05) is 19.3 Å². The highest BCUT2D eigenvalue weighted by Gasteiger charge is 2.06. The van der Waals surface area contributed by atoms with Gasteiger partial charge in [-0.25, -0.2) is 0 Å². The number of ether oxygens (including phenoxy) is 2. The first-order valence-corrected chi connectivity index (χ1v) is 6.52. The third kappa shape index (κ3) is 11.2. The molecule has 0 aliphatic heterocycles. The number of esters is 2. The predicted molar refractivity (Wildman–Crippen MR) is 70.1 cm³/mol. The summed E-state index contributed by atoms with van der Waals surface area (Å²) >= 11 is 0. The van der Waals surface area contributed by atoms with Crippen LogP contribution in [0.3, 0.4) is 0 Å². The monoisotopic (exact) mass is 256 g/mol. The highest BCUT2D eigenvalue weighted by molar-refractivity contribution is 5.72. The number of rotatable bonds is 10. The molecule has 0 amide bonds. The van der Waals surface area contributed by atoms with Crippen molar-refractivity contribution in [3.05, 3.63) is 12.2 Å². The summed E-state index contributed by atoms with van der Waals surface area (Å²) in [5.74, 6) is -0.504. The second-order valence-electron chi connectivity index (χ2n) is 4.36. The van der Waals surface area contributed by atoms with E-state index < -0.39 is 0 Å². The second-order valence-corrected chi connectivity index (χ2v) is 4.36. The summed E-state index contributed by atoms with van der Waals surface area (Å²) in [7, 11) is 0. The van der Waals surface area contributed by atoms with Gasteiger partial charge in [0.15, 0.2) is 0 Å². The fraction of sp³-hybridized carbons (Fsp3) is 0.714. The highest BCUT2D eigenvalue weighted by Crippen LogP contribution is 2.02. The Bertz CT molecular complexity index is 271. The van der Waals surface area contributed by atoms with Crippen molar-refractivity contribution in [3.8, 4) is 0 Å². The highest BCUT2D eigenvalue weighted by atomic mass is 16.5. The molecule has 0 saturated heterocycles. The van der Waals surface area contributed by atoms with Gasteiger partial charge in [0.25, 0.3) is 0 Å². The number of hydrogen-bond donors (Lipinski definition) is 0. The van der Waals surface area contributed by atoms with Crippen LogP contribution in [0, 0.1) is 0 Å². The molecule has 0 bridgehead atoms. The molecular weight excluding hydrogens is 232 g/mol. The van der Waals surface area contributed by atoms with E-state index in [0.29, 0.717) is 26.1 Å². The van der Waals surface area contributed by atoms with Crippen molar-refractivity contribution < 1.29 is 19.1 Å². The maximum absolute atomic E-state index is 11.3. The van der Waals surface area contributed by atoms with Gasteiger partial charge in [0.05, 0.1) is 13.2 Å². The number of carbonyl (C=O) groups is 2. The Morgan fingerprint density at radius 3 is 2.00 bits per heavy atom. The molecule has 0 saturated carbocycles. The first kappa shape index (κ1) is 16.7. The topological polar surface area (TPSA) is 52.6 Å². The summed E-state index contributed by atoms with van der Waals surface area (Å²) in [6.45, 7) is 8.49. The van der Waals surface area contributed by atoms with Crippen LogP contribution >= 0.6 is 0 Å². The van der Waals surface area contributed by atoms with Gasteiger partial charge >= 0.3 is 11.9 Å². The van der Waals surface area contributed by atoms with Crippen molar-refractivity contribution in [2.45, 2.75) is 52.4 Å². The fourth-order valence-electron chi connectivity index (χ4n) is 1.19. The van der Waals surface area contributed by atoms with Crippen molar-refractivity contribution in [3.63, 3.8) is 0 Å². The number of carbonyl (C=O) groups excluding carboxylic acids is 2. The van der Waals surface area contributed by atoms with Crippen LogP contribution in [-0.2, 0) is 19.1 Å². The molecule has 4 nitrogen and oxygen atoms in total. The van der Waals surface area contributed by atoms with Gasteiger partial charge in [0.1, 0.15) is 0 Å². The Kier molecular flexibility index (Phi) is 10.0. The summed E-state index contributed by atoms with van der Waals surface area (Å²) < 4.78 is 9.96. The molecule has 104 valence electrons. The van der Waals surface area contributed by atoms with E-state index in [9.17, 15) is 9.59 Å². The lowest BCUT2D eigenvalue weighted by atomic mass is 10.2. The van der Waals surface area contributed by atoms with Gasteiger partial charge in [-0.2, -0.15) is 0 Å². The minimum atomic E-state index is -0.266. The summed E-state index contributed by atoms with van der Waals surface area (Å²) in [5.41, 5.74) is 0.988. The molecule has 0 fully saturated rings. The van der Waals surface area contributed by atoms with E-state index in [0.717, 1.165) is 18.4 Å². The predicted octanol–water partition coefficient (Wildman–Crippen LogP) is 3.01. The zero-order valence-corrected chi connectivity index (χ0v) is 11.5. The lowest BCUT2D eigenvalue weighted by molar-refractivity contribution is -0.145. The van der Waals surface area contributed by atoms with Crippen LogP contribution in [0.25, 0.3) is 0 Å². The van der Waals surface area contributed by atoms with Crippen molar-refractivity contribution in [2.24, 2.45) is 0 Å². The van der Waals surface area contributed by atoms with Crippen molar-refractivity contribution in [1.29, 1.82) is 0 Å². The lowest BCUT2D eigenvalue weighted by Crippen LogP contribution is -2.09. The van der Waals surface area contributed by atoms with E-state index in [2.05, 4.69) is 6.58 Å². The van der Waals surface area contributed by atoms with Gasteiger partial charge < -0.3 is 9.47 Å². The molecule has 0 heterocycles. The minimum absolute atomic E-state index is 0.238. The van der Waals surface area contributed by atoms with Crippen LogP contribution in [0.5, 0.6) is 0 Å². The van der Waals surface area contributed by atoms with E-state index in [-0.39, 0.29) is 24.8 Å². The van der Waals surface area contributed by atoms with E-state index in [4.69, 9.17) is 9.47 Å². The molecule has 0 aliphatic carbocycles. The van der Waals surface area contributed by atoms with Crippen LogP contribution in [0.1, 0.15) is 52.4 Å². The normalized spacial score (nSPS) is 9.89. The third-order valence-electron chi connectivity index (χ3n) is 2.31. The quantitative estimate of drug-likeness (QED) is 0.342. The molecule has 4 heteroatoms. The zero-order valence-electron chi connectivity index (χ0n) is 11.5. The average Bonchev–Trinajstić information content (AvgIpc) is 2.29. The Balaban J connectivity index is 3.44. The average molecular weight is 256 g/mol. The number of hydrogen-bond acceptors (Lipinski definition) is 4. The molecule has 0 aromatic carbocycles. The first-order chi connectivity index (χ1) is 8.56. The summed E-state index contributed by atoms with van der Waals surface area (Å²) in [4.78, 5) is 22.5. The molecule has 0 spiro atoms. The SMILES string of the molecule is C=C(C)CCOC(=O)CCCC(=O)OCCCC. The Morgan fingerprint density at radius 1 is 0.944 bits per heavy atom. The maximum Gasteiger partial charge on any atom is 0.305 e. The van der Waals surface area contributed by atoms with Crippen LogP contribution in [0.4, 0.5) is 0 Å². The summed E-state index contributed by atoms with van der Waals surface area (Å²) in [6, 6.07) is 0. The largest absolute Gasteiger partial charge is 0.466 e. The Hall–Kier alpha value is -1.32. The Labute approximate surface area is 109 Å². The maximum atomic E-state index is 11.3. The van der Waals surface area contributed by atoms with Gasteiger partial charge in [-0.15, -0.1) is 6.58 Å². The molecular formula is C14H24O4. The molecule has 0 N–H and O–H groups in total. The molecule has 0 rings (SSSR count). The van der Waals surface area contributed by atoms with E-state index >= 15 is 0 Å². The molecule has 18 heavy (non-hydrogen) atoms. The Morgan fingerprint density at radius 2 is 1.50 bits per heavy atom. The van der Waals surface area contributed by atoms with E-state index in [1.165, 1.54) is 0 Å². The van der Waals surface area contributed by atoms with Gasteiger partial charge in [-0.3, -0.25) is 9.59 Å². The first-order valence-electron chi connectivity index (χ1n) is 6.52. The van der Waals surface area contributed by atoms with Crippen LogP contribution in [0.2, 0.25) is 0 Å². The molecule has 0 radical (unpaired) electrons. The third-order valence-corrected chi connectivity index (χ3v) is 2.31. The van der Waals surface area contributed by atoms with Gasteiger partial charge in [0.2, 0.25) is 0 Å². The smallest absolute Gasteiger partial charge is 0.305 e.